The fraction of sp³-hybridized carbons (Fsp3) is 0.348. The van der Waals surface area contributed by atoms with Gasteiger partial charge in [-0.3, -0.25) is 4.79 Å². The minimum Gasteiger partial charge on any atom is -0.493 e. The third-order valence-electron chi connectivity index (χ3n) is 5.34. The molecule has 0 N–H and O–H groups in total. The Labute approximate surface area is 164 Å². The molecule has 1 aliphatic rings. The summed E-state index contributed by atoms with van der Waals surface area (Å²) in [5.41, 5.74) is 2.92. The lowest BCUT2D eigenvalue weighted by molar-refractivity contribution is -0.130. The summed E-state index contributed by atoms with van der Waals surface area (Å²) in [5, 5.41) is 1.04. The van der Waals surface area contributed by atoms with Crippen LogP contribution in [0.5, 0.6) is 11.5 Å². The summed E-state index contributed by atoms with van der Waals surface area (Å²) >= 11 is 0. The predicted molar refractivity (Wildman–Crippen MR) is 109 cm³/mol. The number of hydrogen-bond acceptors (Lipinski definition) is 4. The van der Waals surface area contributed by atoms with Gasteiger partial charge in [-0.25, -0.2) is 0 Å². The van der Waals surface area contributed by atoms with Gasteiger partial charge in [0, 0.05) is 30.5 Å². The zero-order valence-corrected chi connectivity index (χ0v) is 16.4. The van der Waals surface area contributed by atoms with Crippen molar-refractivity contribution in [3.8, 4) is 22.8 Å². The minimum absolute atomic E-state index is 0.260. The SMILES string of the molecule is COc1ccc(-c2cc3cc(CCC(=O)N4CCCC4)ccc3o2)cc1OC. The molecule has 0 aliphatic carbocycles. The summed E-state index contributed by atoms with van der Waals surface area (Å²) in [4.78, 5) is 14.2. The number of aryl methyl sites for hydroxylation is 1. The highest BCUT2D eigenvalue weighted by Crippen LogP contribution is 2.35. The van der Waals surface area contributed by atoms with Crippen molar-refractivity contribution in [3.05, 3.63) is 48.0 Å². The molecule has 0 unspecified atom stereocenters. The van der Waals surface area contributed by atoms with E-state index in [2.05, 4.69) is 6.07 Å². The van der Waals surface area contributed by atoms with Gasteiger partial charge in [0.2, 0.25) is 5.91 Å². The minimum atomic E-state index is 0.260. The Bertz CT molecular complexity index is 985. The molecule has 28 heavy (non-hydrogen) atoms. The number of nitrogens with zero attached hydrogens (tertiary/aromatic N) is 1. The first-order valence-electron chi connectivity index (χ1n) is 9.70. The van der Waals surface area contributed by atoms with Crippen molar-refractivity contribution >= 4 is 16.9 Å². The van der Waals surface area contributed by atoms with E-state index in [9.17, 15) is 4.79 Å². The summed E-state index contributed by atoms with van der Waals surface area (Å²) in [7, 11) is 3.24. The number of benzene rings is 2. The Morgan fingerprint density at radius 1 is 1.00 bits per heavy atom. The molecule has 0 bridgehead atoms. The van der Waals surface area contributed by atoms with Crippen molar-refractivity contribution in [2.24, 2.45) is 0 Å². The number of carbonyl (C=O) groups is 1. The number of rotatable bonds is 6. The Kier molecular flexibility index (Phi) is 5.24. The van der Waals surface area contributed by atoms with E-state index in [1.54, 1.807) is 14.2 Å². The maximum atomic E-state index is 12.3. The largest absolute Gasteiger partial charge is 0.493 e. The summed E-state index contributed by atoms with van der Waals surface area (Å²) in [6.45, 7) is 1.82. The molecule has 0 atom stereocenters. The maximum Gasteiger partial charge on any atom is 0.222 e. The smallest absolute Gasteiger partial charge is 0.222 e. The third kappa shape index (κ3) is 3.70. The lowest BCUT2D eigenvalue weighted by Gasteiger charge is -2.14. The molecule has 146 valence electrons. The highest BCUT2D eigenvalue weighted by atomic mass is 16.5. The Hall–Kier alpha value is -2.95. The van der Waals surface area contributed by atoms with Crippen molar-refractivity contribution in [1.82, 2.24) is 4.90 Å². The number of likely N-dealkylation sites (tertiary alicyclic amines) is 1. The first-order chi connectivity index (χ1) is 13.7. The monoisotopic (exact) mass is 379 g/mol. The fourth-order valence-electron chi connectivity index (χ4n) is 3.76. The van der Waals surface area contributed by atoms with Gasteiger partial charge in [-0.05, 0) is 61.2 Å². The zero-order chi connectivity index (χ0) is 19.5. The second-order valence-corrected chi connectivity index (χ2v) is 7.14. The van der Waals surface area contributed by atoms with E-state index in [0.29, 0.717) is 17.9 Å². The zero-order valence-electron chi connectivity index (χ0n) is 16.4. The molecule has 4 rings (SSSR count). The van der Waals surface area contributed by atoms with Crippen LogP contribution < -0.4 is 9.47 Å². The van der Waals surface area contributed by atoms with Crippen LogP contribution in [-0.2, 0) is 11.2 Å². The van der Waals surface area contributed by atoms with Crippen LogP contribution in [0.15, 0.2) is 46.9 Å². The number of furan rings is 1. The van der Waals surface area contributed by atoms with Crippen molar-refractivity contribution in [1.29, 1.82) is 0 Å². The molecule has 0 radical (unpaired) electrons. The second-order valence-electron chi connectivity index (χ2n) is 7.14. The highest BCUT2D eigenvalue weighted by Gasteiger charge is 2.17. The van der Waals surface area contributed by atoms with Crippen LogP contribution >= 0.6 is 0 Å². The van der Waals surface area contributed by atoms with Gasteiger partial charge in [-0.2, -0.15) is 0 Å². The second kappa shape index (κ2) is 7.97. The number of fused-ring (bicyclic) bond motifs is 1. The number of carbonyl (C=O) groups excluding carboxylic acids is 1. The molecule has 3 aromatic rings. The molecular formula is C23H25NO4. The molecule has 1 aliphatic heterocycles. The Morgan fingerprint density at radius 3 is 2.54 bits per heavy atom. The molecule has 1 amide bonds. The van der Waals surface area contributed by atoms with Crippen LogP contribution in [0, 0.1) is 0 Å². The van der Waals surface area contributed by atoms with Gasteiger partial charge in [-0.1, -0.05) is 6.07 Å². The first kappa shape index (κ1) is 18.4. The predicted octanol–water partition coefficient (Wildman–Crippen LogP) is 4.67. The maximum absolute atomic E-state index is 12.3. The van der Waals surface area contributed by atoms with Crippen molar-refractivity contribution < 1.29 is 18.7 Å². The molecule has 1 saturated heterocycles. The van der Waals surface area contributed by atoms with Gasteiger partial charge < -0.3 is 18.8 Å². The van der Waals surface area contributed by atoms with Crippen molar-refractivity contribution in [2.45, 2.75) is 25.7 Å². The summed E-state index contributed by atoms with van der Waals surface area (Å²) in [6, 6.07) is 13.9. The summed E-state index contributed by atoms with van der Waals surface area (Å²) < 4.78 is 16.7. The Balaban J connectivity index is 1.52. The number of ether oxygens (including phenoxy) is 2. The molecule has 1 fully saturated rings. The van der Waals surface area contributed by atoms with Crippen LogP contribution in [-0.4, -0.2) is 38.1 Å². The van der Waals surface area contributed by atoms with Crippen molar-refractivity contribution in [2.75, 3.05) is 27.3 Å². The lowest BCUT2D eigenvalue weighted by Crippen LogP contribution is -2.27. The van der Waals surface area contributed by atoms with Gasteiger partial charge in [0.15, 0.2) is 11.5 Å². The van der Waals surface area contributed by atoms with Crippen LogP contribution in [0.1, 0.15) is 24.8 Å². The summed E-state index contributed by atoms with van der Waals surface area (Å²) in [6.07, 6.45) is 3.57. The van der Waals surface area contributed by atoms with Crippen LogP contribution in [0.4, 0.5) is 0 Å². The van der Waals surface area contributed by atoms with E-state index in [-0.39, 0.29) is 5.91 Å². The number of hydrogen-bond donors (Lipinski definition) is 0. The van der Waals surface area contributed by atoms with Crippen molar-refractivity contribution in [3.63, 3.8) is 0 Å². The van der Waals surface area contributed by atoms with E-state index in [0.717, 1.165) is 60.2 Å². The van der Waals surface area contributed by atoms with E-state index in [1.165, 1.54) is 0 Å². The highest BCUT2D eigenvalue weighted by molar-refractivity contribution is 5.84. The normalized spacial score (nSPS) is 13.9. The van der Waals surface area contributed by atoms with Gasteiger partial charge in [0.05, 0.1) is 14.2 Å². The van der Waals surface area contributed by atoms with E-state index < -0.39 is 0 Å². The van der Waals surface area contributed by atoms with Gasteiger partial charge in [0.25, 0.3) is 0 Å². The molecule has 0 spiro atoms. The molecule has 5 heteroatoms. The molecule has 1 aromatic heterocycles. The summed E-state index contributed by atoms with van der Waals surface area (Å²) in [5.74, 6) is 2.39. The topological polar surface area (TPSA) is 51.9 Å². The Morgan fingerprint density at radius 2 is 1.79 bits per heavy atom. The van der Waals surface area contributed by atoms with E-state index in [1.807, 2.05) is 41.3 Å². The van der Waals surface area contributed by atoms with Crippen LogP contribution in [0.25, 0.3) is 22.3 Å². The van der Waals surface area contributed by atoms with Crippen LogP contribution in [0.2, 0.25) is 0 Å². The molecular weight excluding hydrogens is 354 g/mol. The molecule has 5 nitrogen and oxygen atoms in total. The van der Waals surface area contributed by atoms with E-state index in [4.69, 9.17) is 13.9 Å². The lowest BCUT2D eigenvalue weighted by atomic mass is 10.1. The molecule has 2 heterocycles. The van der Waals surface area contributed by atoms with E-state index >= 15 is 0 Å². The number of methoxy groups -OCH3 is 2. The fourth-order valence-corrected chi connectivity index (χ4v) is 3.76. The van der Waals surface area contributed by atoms with Crippen LogP contribution in [0.3, 0.4) is 0 Å². The third-order valence-corrected chi connectivity index (χ3v) is 5.34. The molecule has 0 saturated carbocycles. The standard InChI is InChI=1S/C23H25NO4/c1-26-20-9-7-17(14-22(20)27-2)21-15-18-13-16(5-8-19(18)28-21)6-10-23(25)24-11-3-4-12-24/h5,7-9,13-15H,3-4,6,10-12H2,1-2H3. The van der Waals surface area contributed by atoms with Gasteiger partial charge in [-0.15, -0.1) is 0 Å². The average Bonchev–Trinajstić information content (AvgIpc) is 3.41. The average molecular weight is 379 g/mol. The quantitative estimate of drug-likeness (QED) is 0.624. The first-order valence-corrected chi connectivity index (χ1v) is 9.70. The molecule has 2 aromatic carbocycles. The van der Waals surface area contributed by atoms with Gasteiger partial charge in [0.1, 0.15) is 11.3 Å². The number of amides is 1. The van der Waals surface area contributed by atoms with Gasteiger partial charge >= 0.3 is 0 Å².